The van der Waals surface area contributed by atoms with E-state index in [9.17, 15) is 4.79 Å². The van der Waals surface area contributed by atoms with Crippen LogP contribution in [0.4, 0.5) is 5.69 Å². The van der Waals surface area contributed by atoms with Crippen LogP contribution in [0.2, 0.25) is 0 Å². The lowest BCUT2D eigenvalue weighted by atomic mass is 10.1. The number of carbonyl (C=O) groups is 1. The number of benzene rings is 1. The van der Waals surface area contributed by atoms with Crippen LogP contribution in [0.25, 0.3) is 0 Å². The van der Waals surface area contributed by atoms with E-state index in [1.807, 2.05) is 64.6 Å². The van der Waals surface area contributed by atoms with E-state index >= 15 is 0 Å². The molecule has 118 valence electrons. The zero-order valence-corrected chi connectivity index (χ0v) is 14.2. The highest BCUT2D eigenvalue weighted by Crippen LogP contribution is 2.26. The lowest BCUT2D eigenvalue weighted by Crippen LogP contribution is -2.48. The number of rotatable bonds is 6. The fourth-order valence-corrected chi connectivity index (χ4v) is 2.56. The standard InChI is InChI=1S/C17H28N2O2/c1-11(2)19(12(3)4)17(20)14(6)18-15-10-13(5)8-9-16(15)21-7/h8-12,14,18H,1-7H3. The van der Waals surface area contributed by atoms with Gasteiger partial charge in [-0.3, -0.25) is 4.79 Å². The summed E-state index contributed by atoms with van der Waals surface area (Å²) in [6, 6.07) is 5.97. The van der Waals surface area contributed by atoms with Crippen molar-refractivity contribution >= 4 is 11.6 Å². The molecule has 1 amide bonds. The van der Waals surface area contributed by atoms with E-state index in [2.05, 4.69) is 5.32 Å². The first-order valence-corrected chi connectivity index (χ1v) is 7.51. The van der Waals surface area contributed by atoms with Gasteiger partial charge in [0.25, 0.3) is 0 Å². The second kappa shape index (κ2) is 7.34. The summed E-state index contributed by atoms with van der Waals surface area (Å²) in [4.78, 5) is 14.5. The van der Waals surface area contributed by atoms with Gasteiger partial charge in [0.05, 0.1) is 12.8 Å². The van der Waals surface area contributed by atoms with Gasteiger partial charge in [0, 0.05) is 12.1 Å². The van der Waals surface area contributed by atoms with Crippen LogP contribution < -0.4 is 10.1 Å². The monoisotopic (exact) mass is 292 g/mol. The largest absolute Gasteiger partial charge is 0.495 e. The number of amides is 1. The van der Waals surface area contributed by atoms with Gasteiger partial charge in [-0.05, 0) is 59.2 Å². The van der Waals surface area contributed by atoms with Crippen LogP contribution in [0.15, 0.2) is 18.2 Å². The van der Waals surface area contributed by atoms with E-state index in [-0.39, 0.29) is 24.0 Å². The van der Waals surface area contributed by atoms with Crippen LogP contribution >= 0.6 is 0 Å². The highest BCUT2D eigenvalue weighted by Gasteiger charge is 2.25. The average Bonchev–Trinajstić information content (AvgIpc) is 2.37. The molecule has 1 atom stereocenters. The van der Waals surface area contributed by atoms with Crippen molar-refractivity contribution in [1.29, 1.82) is 0 Å². The predicted octanol–water partition coefficient (Wildman–Crippen LogP) is 3.45. The third-order valence-electron chi connectivity index (χ3n) is 3.46. The molecule has 1 unspecified atom stereocenters. The van der Waals surface area contributed by atoms with Gasteiger partial charge in [-0.25, -0.2) is 0 Å². The average molecular weight is 292 g/mol. The summed E-state index contributed by atoms with van der Waals surface area (Å²) in [5.74, 6) is 0.851. The molecule has 1 N–H and O–H groups in total. The minimum Gasteiger partial charge on any atom is -0.495 e. The number of nitrogens with one attached hydrogen (secondary N) is 1. The Morgan fingerprint density at radius 2 is 1.71 bits per heavy atom. The Bertz CT molecular complexity index is 476. The highest BCUT2D eigenvalue weighted by atomic mass is 16.5. The van der Waals surface area contributed by atoms with Crippen LogP contribution in [0.3, 0.4) is 0 Å². The first-order chi connectivity index (χ1) is 9.77. The smallest absolute Gasteiger partial charge is 0.245 e. The maximum atomic E-state index is 12.6. The molecular weight excluding hydrogens is 264 g/mol. The lowest BCUT2D eigenvalue weighted by Gasteiger charge is -2.33. The molecule has 21 heavy (non-hydrogen) atoms. The maximum absolute atomic E-state index is 12.6. The minimum absolute atomic E-state index is 0.101. The summed E-state index contributed by atoms with van der Waals surface area (Å²) in [6.07, 6.45) is 0. The Balaban J connectivity index is 2.92. The van der Waals surface area contributed by atoms with Crippen molar-refractivity contribution in [2.24, 2.45) is 0 Å². The third-order valence-corrected chi connectivity index (χ3v) is 3.46. The van der Waals surface area contributed by atoms with E-state index in [0.717, 1.165) is 17.0 Å². The summed E-state index contributed by atoms with van der Waals surface area (Å²) in [7, 11) is 1.64. The van der Waals surface area contributed by atoms with E-state index in [0.29, 0.717) is 0 Å². The van der Waals surface area contributed by atoms with Crippen molar-refractivity contribution in [3.8, 4) is 5.75 Å². The van der Waals surface area contributed by atoms with Gasteiger partial charge in [0.2, 0.25) is 5.91 Å². The molecule has 0 aromatic heterocycles. The summed E-state index contributed by atoms with van der Waals surface area (Å²) >= 11 is 0. The molecule has 0 fully saturated rings. The van der Waals surface area contributed by atoms with Gasteiger partial charge < -0.3 is 15.0 Å². The quantitative estimate of drug-likeness (QED) is 0.873. The number of anilines is 1. The fourth-order valence-electron chi connectivity index (χ4n) is 2.56. The highest BCUT2D eigenvalue weighted by molar-refractivity contribution is 5.85. The van der Waals surface area contributed by atoms with Crippen molar-refractivity contribution < 1.29 is 9.53 Å². The maximum Gasteiger partial charge on any atom is 0.245 e. The van der Waals surface area contributed by atoms with Crippen LogP contribution in [0.5, 0.6) is 5.75 Å². The molecular formula is C17H28N2O2. The zero-order valence-electron chi connectivity index (χ0n) is 14.2. The van der Waals surface area contributed by atoms with Gasteiger partial charge in [-0.1, -0.05) is 6.07 Å². The normalized spacial score (nSPS) is 12.4. The zero-order chi connectivity index (χ0) is 16.2. The fraction of sp³-hybridized carbons (Fsp3) is 0.588. The van der Waals surface area contributed by atoms with Crippen LogP contribution in [-0.4, -0.2) is 36.0 Å². The van der Waals surface area contributed by atoms with Crippen LogP contribution in [0.1, 0.15) is 40.2 Å². The van der Waals surface area contributed by atoms with Crippen molar-refractivity contribution in [2.45, 2.75) is 59.7 Å². The Hall–Kier alpha value is -1.71. The molecule has 1 aromatic rings. The van der Waals surface area contributed by atoms with Crippen molar-refractivity contribution in [3.63, 3.8) is 0 Å². The SMILES string of the molecule is COc1ccc(C)cc1NC(C)C(=O)N(C(C)C)C(C)C. The summed E-state index contributed by atoms with van der Waals surface area (Å²) in [6.45, 7) is 12.1. The van der Waals surface area contributed by atoms with Crippen molar-refractivity contribution in [2.75, 3.05) is 12.4 Å². The minimum atomic E-state index is -0.300. The van der Waals surface area contributed by atoms with Gasteiger partial charge in [0.15, 0.2) is 0 Å². The van der Waals surface area contributed by atoms with E-state index in [4.69, 9.17) is 4.74 Å². The third kappa shape index (κ3) is 4.38. The summed E-state index contributed by atoms with van der Waals surface area (Å²) in [5, 5.41) is 3.28. The van der Waals surface area contributed by atoms with Crippen molar-refractivity contribution in [1.82, 2.24) is 4.90 Å². The van der Waals surface area contributed by atoms with Crippen LogP contribution in [0, 0.1) is 6.92 Å². The van der Waals surface area contributed by atoms with Gasteiger partial charge in [-0.2, -0.15) is 0 Å². The molecule has 0 aliphatic carbocycles. The molecule has 0 saturated carbocycles. The lowest BCUT2D eigenvalue weighted by molar-refractivity contribution is -0.135. The number of hydrogen-bond donors (Lipinski definition) is 1. The molecule has 0 heterocycles. The first-order valence-electron chi connectivity index (χ1n) is 7.51. The molecule has 0 saturated heterocycles. The second-order valence-corrected chi connectivity index (χ2v) is 6.00. The first kappa shape index (κ1) is 17.3. The number of aryl methyl sites for hydroxylation is 1. The van der Waals surface area contributed by atoms with Crippen LogP contribution in [-0.2, 0) is 4.79 Å². The molecule has 0 bridgehead atoms. The Kier molecular flexibility index (Phi) is 6.06. The van der Waals surface area contributed by atoms with Gasteiger partial charge in [-0.15, -0.1) is 0 Å². The number of nitrogens with zero attached hydrogens (tertiary/aromatic N) is 1. The Labute approximate surface area is 128 Å². The summed E-state index contributed by atoms with van der Waals surface area (Å²) < 4.78 is 5.35. The van der Waals surface area contributed by atoms with Gasteiger partial charge in [0.1, 0.15) is 11.8 Å². The molecule has 0 aliphatic rings. The number of ether oxygens (including phenoxy) is 1. The number of methoxy groups -OCH3 is 1. The van der Waals surface area contributed by atoms with Crippen molar-refractivity contribution in [3.05, 3.63) is 23.8 Å². The summed E-state index contributed by atoms with van der Waals surface area (Å²) in [5.41, 5.74) is 1.98. The molecule has 1 rings (SSSR count). The van der Waals surface area contributed by atoms with E-state index in [1.165, 1.54) is 0 Å². The predicted molar refractivity (Wildman–Crippen MR) is 87.9 cm³/mol. The Morgan fingerprint density at radius 1 is 1.14 bits per heavy atom. The molecule has 4 nitrogen and oxygen atoms in total. The number of carbonyl (C=O) groups excluding carboxylic acids is 1. The molecule has 4 heteroatoms. The van der Waals surface area contributed by atoms with Gasteiger partial charge >= 0.3 is 0 Å². The molecule has 1 aromatic carbocycles. The topological polar surface area (TPSA) is 41.6 Å². The molecule has 0 spiro atoms. The van der Waals surface area contributed by atoms with E-state index < -0.39 is 0 Å². The molecule has 0 radical (unpaired) electrons. The molecule has 0 aliphatic heterocycles. The second-order valence-electron chi connectivity index (χ2n) is 6.00. The van der Waals surface area contributed by atoms with E-state index in [1.54, 1.807) is 7.11 Å². The number of hydrogen-bond acceptors (Lipinski definition) is 3. The Morgan fingerprint density at radius 3 is 2.19 bits per heavy atom.